The van der Waals surface area contributed by atoms with Crippen LogP contribution in [0.4, 0.5) is 0 Å². The number of benzene rings is 2. The molecule has 0 amide bonds. The molecule has 1 heterocycles. The maximum Gasteiger partial charge on any atom is 0.166 e. The quantitative estimate of drug-likeness (QED) is 0.735. The SMILES string of the molecule is Cc1ccccc1-c1c(O)c(C(C)(C)C)nn1-c1ccccc1. The molecule has 0 aliphatic rings. The van der Waals surface area contributed by atoms with Crippen LogP contribution in [-0.4, -0.2) is 14.9 Å². The molecular weight excluding hydrogens is 284 g/mol. The summed E-state index contributed by atoms with van der Waals surface area (Å²) in [6.45, 7) is 8.23. The molecule has 0 aliphatic heterocycles. The number of hydrogen-bond donors (Lipinski definition) is 1. The molecule has 2 aromatic carbocycles. The highest BCUT2D eigenvalue weighted by Gasteiger charge is 2.28. The van der Waals surface area contributed by atoms with Crippen molar-refractivity contribution in [2.24, 2.45) is 0 Å². The van der Waals surface area contributed by atoms with Crippen molar-refractivity contribution in [2.75, 3.05) is 0 Å². The molecule has 3 aromatic rings. The van der Waals surface area contributed by atoms with Crippen LogP contribution in [0.2, 0.25) is 0 Å². The molecule has 3 nitrogen and oxygen atoms in total. The topological polar surface area (TPSA) is 38.1 Å². The van der Waals surface area contributed by atoms with Crippen molar-refractivity contribution in [3.05, 3.63) is 65.9 Å². The Kier molecular flexibility index (Phi) is 3.72. The predicted molar refractivity (Wildman–Crippen MR) is 94.1 cm³/mol. The Balaban J connectivity index is 2.33. The fraction of sp³-hybridized carbons (Fsp3) is 0.250. The van der Waals surface area contributed by atoms with Crippen molar-refractivity contribution in [1.29, 1.82) is 0 Å². The molecule has 0 unspecified atom stereocenters. The van der Waals surface area contributed by atoms with Gasteiger partial charge < -0.3 is 5.11 Å². The minimum atomic E-state index is -0.235. The standard InChI is InChI=1S/C20H22N2O/c1-14-10-8-9-13-16(14)17-18(23)19(20(2,3)4)21-22(17)15-11-6-5-7-12-15/h5-13,23H,1-4H3. The Morgan fingerprint density at radius 3 is 2.13 bits per heavy atom. The Bertz CT molecular complexity index is 827. The van der Waals surface area contributed by atoms with Crippen LogP contribution in [0.15, 0.2) is 54.6 Å². The second-order valence-electron chi connectivity index (χ2n) is 6.86. The first kappa shape index (κ1) is 15.3. The molecule has 0 atom stereocenters. The molecule has 0 fully saturated rings. The van der Waals surface area contributed by atoms with E-state index in [0.29, 0.717) is 5.69 Å². The first-order chi connectivity index (χ1) is 10.9. The van der Waals surface area contributed by atoms with Crippen molar-refractivity contribution < 1.29 is 5.11 Å². The molecule has 0 saturated carbocycles. The van der Waals surface area contributed by atoms with Gasteiger partial charge in [0.1, 0.15) is 11.4 Å². The summed E-state index contributed by atoms with van der Waals surface area (Å²) < 4.78 is 1.85. The molecule has 0 saturated heterocycles. The maximum atomic E-state index is 10.9. The zero-order valence-corrected chi connectivity index (χ0v) is 14.0. The minimum absolute atomic E-state index is 0.235. The van der Waals surface area contributed by atoms with E-state index in [1.54, 1.807) is 0 Å². The van der Waals surface area contributed by atoms with Crippen molar-refractivity contribution in [2.45, 2.75) is 33.1 Å². The molecule has 0 radical (unpaired) electrons. The predicted octanol–water partition coefficient (Wildman–Crippen LogP) is 4.85. The average Bonchev–Trinajstić information content (AvgIpc) is 2.86. The maximum absolute atomic E-state index is 10.9. The van der Waals surface area contributed by atoms with Gasteiger partial charge >= 0.3 is 0 Å². The van der Waals surface area contributed by atoms with Gasteiger partial charge in [-0.2, -0.15) is 5.10 Å². The number of para-hydroxylation sites is 1. The molecule has 3 heteroatoms. The monoisotopic (exact) mass is 306 g/mol. The number of aryl methyl sites for hydroxylation is 1. The highest BCUT2D eigenvalue weighted by molar-refractivity contribution is 5.73. The summed E-state index contributed by atoms with van der Waals surface area (Å²) in [7, 11) is 0. The summed E-state index contributed by atoms with van der Waals surface area (Å²) in [4.78, 5) is 0. The second kappa shape index (κ2) is 5.58. The van der Waals surface area contributed by atoms with Gasteiger partial charge in [0, 0.05) is 11.0 Å². The number of nitrogens with zero attached hydrogens (tertiary/aromatic N) is 2. The Morgan fingerprint density at radius 1 is 0.913 bits per heavy atom. The number of rotatable bonds is 2. The lowest BCUT2D eigenvalue weighted by Crippen LogP contribution is -2.12. The Morgan fingerprint density at radius 2 is 1.52 bits per heavy atom. The Labute approximate surface area is 137 Å². The third-order valence-electron chi connectivity index (χ3n) is 3.97. The third-order valence-corrected chi connectivity index (χ3v) is 3.97. The van der Waals surface area contributed by atoms with Gasteiger partial charge in [-0.3, -0.25) is 0 Å². The van der Waals surface area contributed by atoms with E-state index in [1.807, 2.05) is 66.2 Å². The summed E-state index contributed by atoms with van der Waals surface area (Å²) in [5.74, 6) is 0.260. The van der Waals surface area contributed by atoms with Gasteiger partial charge in [0.2, 0.25) is 0 Å². The van der Waals surface area contributed by atoms with E-state index in [4.69, 9.17) is 5.10 Å². The van der Waals surface area contributed by atoms with E-state index in [1.165, 1.54) is 0 Å². The van der Waals surface area contributed by atoms with E-state index in [-0.39, 0.29) is 11.2 Å². The van der Waals surface area contributed by atoms with Gasteiger partial charge in [0.25, 0.3) is 0 Å². The van der Waals surface area contributed by atoms with Crippen LogP contribution in [-0.2, 0) is 5.41 Å². The minimum Gasteiger partial charge on any atom is -0.504 e. The van der Waals surface area contributed by atoms with Crippen LogP contribution >= 0.6 is 0 Å². The van der Waals surface area contributed by atoms with Gasteiger partial charge in [0.15, 0.2) is 5.75 Å². The van der Waals surface area contributed by atoms with Crippen molar-refractivity contribution in [3.63, 3.8) is 0 Å². The van der Waals surface area contributed by atoms with Gasteiger partial charge in [0.05, 0.1) is 5.69 Å². The van der Waals surface area contributed by atoms with Gasteiger partial charge in [-0.1, -0.05) is 63.2 Å². The van der Waals surface area contributed by atoms with E-state index >= 15 is 0 Å². The first-order valence-corrected chi connectivity index (χ1v) is 7.83. The van der Waals surface area contributed by atoms with E-state index in [2.05, 4.69) is 20.8 Å². The largest absolute Gasteiger partial charge is 0.504 e. The van der Waals surface area contributed by atoms with E-state index < -0.39 is 0 Å². The van der Waals surface area contributed by atoms with Crippen LogP contribution in [0, 0.1) is 6.92 Å². The molecule has 0 bridgehead atoms. The summed E-state index contributed by atoms with van der Waals surface area (Å²) in [6.07, 6.45) is 0. The lowest BCUT2D eigenvalue weighted by molar-refractivity contribution is 0.445. The Hall–Kier alpha value is -2.55. The number of hydrogen-bond acceptors (Lipinski definition) is 2. The second-order valence-corrected chi connectivity index (χ2v) is 6.86. The fourth-order valence-electron chi connectivity index (χ4n) is 2.75. The van der Waals surface area contributed by atoms with Crippen molar-refractivity contribution in [1.82, 2.24) is 9.78 Å². The number of aromatic hydroxyl groups is 1. The van der Waals surface area contributed by atoms with Gasteiger partial charge in [-0.25, -0.2) is 4.68 Å². The van der Waals surface area contributed by atoms with Crippen LogP contribution in [0.25, 0.3) is 16.9 Å². The third kappa shape index (κ3) is 2.74. The molecular formula is C20H22N2O. The van der Waals surface area contributed by atoms with E-state index in [9.17, 15) is 5.11 Å². The van der Waals surface area contributed by atoms with Crippen LogP contribution < -0.4 is 0 Å². The summed E-state index contributed by atoms with van der Waals surface area (Å²) in [6, 6.07) is 18.0. The van der Waals surface area contributed by atoms with Crippen LogP contribution in [0.3, 0.4) is 0 Å². The molecule has 118 valence electrons. The summed E-state index contributed by atoms with van der Waals surface area (Å²) >= 11 is 0. The highest BCUT2D eigenvalue weighted by Crippen LogP contribution is 2.40. The summed E-state index contributed by atoms with van der Waals surface area (Å²) in [5.41, 5.74) is 4.27. The highest BCUT2D eigenvalue weighted by atomic mass is 16.3. The van der Waals surface area contributed by atoms with Crippen LogP contribution in [0.1, 0.15) is 32.0 Å². The molecule has 0 aliphatic carbocycles. The number of aromatic nitrogens is 2. The van der Waals surface area contributed by atoms with Gasteiger partial charge in [-0.05, 0) is 24.6 Å². The normalized spacial score (nSPS) is 11.7. The van der Waals surface area contributed by atoms with Crippen molar-refractivity contribution >= 4 is 0 Å². The van der Waals surface area contributed by atoms with Gasteiger partial charge in [-0.15, -0.1) is 0 Å². The molecule has 3 rings (SSSR count). The van der Waals surface area contributed by atoms with Crippen LogP contribution in [0.5, 0.6) is 5.75 Å². The zero-order chi connectivity index (χ0) is 16.6. The smallest absolute Gasteiger partial charge is 0.166 e. The average molecular weight is 306 g/mol. The molecule has 1 aromatic heterocycles. The fourth-order valence-corrected chi connectivity index (χ4v) is 2.75. The van der Waals surface area contributed by atoms with Crippen molar-refractivity contribution in [3.8, 4) is 22.7 Å². The first-order valence-electron chi connectivity index (χ1n) is 7.83. The molecule has 1 N–H and O–H groups in total. The lowest BCUT2D eigenvalue weighted by Gasteiger charge is -2.15. The van der Waals surface area contributed by atoms with E-state index in [0.717, 1.165) is 22.5 Å². The molecule has 23 heavy (non-hydrogen) atoms. The summed E-state index contributed by atoms with van der Waals surface area (Å²) in [5, 5.41) is 15.6. The lowest BCUT2D eigenvalue weighted by atomic mass is 9.90. The zero-order valence-electron chi connectivity index (χ0n) is 14.0. The molecule has 0 spiro atoms.